The summed E-state index contributed by atoms with van der Waals surface area (Å²) in [6.45, 7) is 1.98. The smallest absolute Gasteiger partial charge is 0.343 e. The van der Waals surface area contributed by atoms with Crippen LogP contribution in [0.2, 0.25) is 0 Å². The second-order valence-corrected chi connectivity index (χ2v) is 11.1. The molecule has 0 amide bonds. The molecular formula is C28H31NO7S. The van der Waals surface area contributed by atoms with Gasteiger partial charge in [0.1, 0.15) is 11.5 Å². The Kier molecular flexibility index (Phi) is 8.02. The van der Waals surface area contributed by atoms with Crippen LogP contribution < -0.4 is 10.3 Å². The number of carbonyl (C=O) groups is 1. The second-order valence-electron chi connectivity index (χ2n) is 9.37. The molecule has 0 fully saturated rings. The van der Waals surface area contributed by atoms with Crippen LogP contribution in [0.5, 0.6) is 5.75 Å². The van der Waals surface area contributed by atoms with Gasteiger partial charge in [-0.05, 0) is 67.6 Å². The number of rotatable bonds is 8. The van der Waals surface area contributed by atoms with Crippen LogP contribution in [-0.2, 0) is 22.9 Å². The van der Waals surface area contributed by atoms with Crippen molar-refractivity contribution in [1.29, 1.82) is 0 Å². The van der Waals surface area contributed by atoms with Gasteiger partial charge in [0.2, 0.25) is 0 Å². The molecule has 1 atom stereocenters. The zero-order valence-corrected chi connectivity index (χ0v) is 21.5. The first-order valence-corrected chi connectivity index (χ1v) is 14.0. The monoisotopic (exact) mass is 525 g/mol. The highest BCUT2D eigenvalue weighted by Gasteiger charge is 2.27. The van der Waals surface area contributed by atoms with Crippen molar-refractivity contribution in [2.24, 2.45) is 0 Å². The Bertz CT molecular complexity index is 1440. The third-order valence-corrected chi connectivity index (χ3v) is 8.17. The topological polar surface area (TPSA) is 134 Å². The molecule has 0 spiro atoms. The van der Waals surface area contributed by atoms with Crippen LogP contribution in [0.3, 0.4) is 0 Å². The van der Waals surface area contributed by atoms with Crippen molar-refractivity contribution < 1.29 is 27.8 Å². The third kappa shape index (κ3) is 5.88. The fraction of sp³-hybridized carbons (Fsp3) is 0.357. The molecule has 2 aromatic carbocycles. The Balaban J connectivity index is 1.69. The van der Waals surface area contributed by atoms with E-state index in [-0.39, 0.29) is 27.5 Å². The van der Waals surface area contributed by atoms with Crippen LogP contribution in [0, 0.1) is 0 Å². The van der Waals surface area contributed by atoms with Crippen molar-refractivity contribution in [3.8, 4) is 5.75 Å². The lowest BCUT2D eigenvalue weighted by atomic mass is 9.85. The van der Waals surface area contributed by atoms with E-state index in [9.17, 15) is 23.1 Å². The summed E-state index contributed by atoms with van der Waals surface area (Å²) in [6, 6.07) is 11.7. The van der Waals surface area contributed by atoms with Gasteiger partial charge in [0.15, 0.2) is 0 Å². The van der Waals surface area contributed by atoms with Gasteiger partial charge in [-0.2, -0.15) is 0 Å². The first kappa shape index (κ1) is 26.5. The number of carboxylic acid groups (broad SMARTS) is 1. The number of aryl methyl sites for hydroxylation is 1. The van der Waals surface area contributed by atoms with E-state index >= 15 is 0 Å². The number of anilines is 1. The predicted molar refractivity (Wildman–Crippen MR) is 140 cm³/mol. The summed E-state index contributed by atoms with van der Waals surface area (Å²) in [5.41, 5.74) is 1.31. The lowest BCUT2D eigenvalue weighted by Crippen LogP contribution is -2.18. The van der Waals surface area contributed by atoms with Gasteiger partial charge in [0, 0.05) is 23.6 Å². The van der Waals surface area contributed by atoms with Crippen molar-refractivity contribution in [2.75, 3.05) is 4.72 Å². The van der Waals surface area contributed by atoms with Crippen LogP contribution in [0.1, 0.15) is 84.2 Å². The zero-order chi connectivity index (χ0) is 26.6. The molecule has 37 heavy (non-hydrogen) atoms. The molecule has 8 nitrogen and oxygen atoms in total. The number of hydrogen-bond donors (Lipinski definition) is 3. The molecule has 0 saturated heterocycles. The molecule has 3 aromatic rings. The Morgan fingerprint density at radius 1 is 1.05 bits per heavy atom. The SMILES string of the molecule is CCCC(c1cccc(NS(=O)(=O)c2ccc(C(=O)O)cc2)c1)c1c(O)c2c(oc1=O)CCCCCC2. The van der Waals surface area contributed by atoms with Crippen molar-refractivity contribution in [3.63, 3.8) is 0 Å². The number of carboxylic acids is 1. The second kappa shape index (κ2) is 11.2. The Morgan fingerprint density at radius 3 is 2.43 bits per heavy atom. The van der Waals surface area contributed by atoms with Crippen molar-refractivity contribution in [3.05, 3.63) is 87.0 Å². The van der Waals surface area contributed by atoms with Crippen LogP contribution in [0.4, 0.5) is 5.69 Å². The summed E-state index contributed by atoms with van der Waals surface area (Å²) in [5, 5.41) is 20.3. The molecule has 3 N–H and O–H groups in total. The van der Waals surface area contributed by atoms with Crippen molar-refractivity contribution in [2.45, 2.75) is 69.1 Å². The Hall–Kier alpha value is -3.59. The molecule has 196 valence electrons. The number of fused-ring (bicyclic) bond motifs is 1. The maximum Gasteiger partial charge on any atom is 0.343 e. The summed E-state index contributed by atoms with van der Waals surface area (Å²) in [5.74, 6) is -1.06. The van der Waals surface area contributed by atoms with Gasteiger partial charge >= 0.3 is 11.6 Å². The first-order valence-electron chi connectivity index (χ1n) is 12.5. The van der Waals surface area contributed by atoms with Gasteiger partial charge in [0.05, 0.1) is 16.0 Å². The van der Waals surface area contributed by atoms with E-state index in [2.05, 4.69) is 4.72 Å². The van der Waals surface area contributed by atoms with Gasteiger partial charge in [-0.15, -0.1) is 0 Å². The summed E-state index contributed by atoms with van der Waals surface area (Å²) in [4.78, 5) is 24.1. The van der Waals surface area contributed by atoms with E-state index in [0.717, 1.165) is 32.1 Å². The van der Waals surface area contributed by atoms with Crippen LogP contribution >= 0.6 is 0 Å². The normalized spacial score (nSPS) is 14.7. The van der Waals surface area contributed by atoms with E-state index < -0.39 is 27.5 Å². The average Bonchev–Trinajstić information content (AvgIpc) is 2.84. The molecule has 0 saturated carbocycles. The minimum absolute atomic E-state index is 0.00361. The zero-order valence-electron chi connectivity index (χ0n) is 20.7. The number of benzene rings is 2. The summed E-state index contributed by atoms with van der Waals surface area (Å²) in [6.07, 6.45) is 6.52. The van der Waals surface area contributed by atoms with Crippen molar-refractivity contribution >= 4 is 21.7 Å². The summed E-state index contributed by atoms with van der Waals surface area (Å²) >= 11 is 0. The quantitative estimate of drug-likeness (QED) is 0.357. The Labute approximate surface area is 216 Å². The molecule has 1 aromatic heterocycles. The van der Waals surface area contributed by atoms with E-state index in [1.165, 1.54) is 24.3 Å². The van der Waals surface area contributed by atoms with Crippen LogP contribution in [0.15, 0.2) is 62.6 Å². The van der Waals surface area contributed by atoms with E-state index in [4.69, 9.17) is 9.52 Å². The van der Waals surface area contributed by atoms with Crippen LogP contribution in [0.25, 0.3) is 0 Å². The minimum Gasteiger partial charge on any atom is -0.507 e. The highest BCUT2D eigenvalue weighted by molar-refractivity contribution is 7.92. The van der Waals surface area contributed by atoms with E-state index in [1.807, 2.05) is 6.92 Å². The van der Waals surface area contributed by atoms with Gasteiger partial charge in [0.25, 0.3) is 10.0 Å². The molecule has 9 heteroatoms. The number of hydrogen-bond acceptors (Lipinski definition) is 6. The van der Waals surface area contributed by atoms with Gasteiger partial charge in [-0.1, -0.05) is 38.3 Å². The molecule has 1 aliphatic carbocycles. The minimum atomic E-state index is -3.98. The van der Waals surface area contributed by atoms with Crippen LogP contribution in [-0.4, -0.2) is 24.6 Å². The lowest BCUT2D eigenvalue weighted by molar-refractivity contribution is 0.0696. The summed E-state index contributed by atoms with van der Waals surface area (Å²) in [7, 11) is -3.98. The molecular weight excluding hydrogens is 494 g/mol. The standard InChI is InChI=1S/C28H31NO7S/c1-2-8-22(25-26(30)23-11-5-3-4-6-12-24(23)36-28(25)33)19-9-7-10-20(17-19)29-37(34,35)21-15-13-18(14-16-21)27(31)32/h7,9-10,13-17,22,29-30H,2-6,8,11-12H2,1H3,(H,31,32). The van der Waals surface area contributed by atoms with Gasteiger partial charge < -0.3 is 14.6 Å². The number of aromatic carboxylic acids is 1. The number of nitrogens with one attached hydrogen (secondary N) is 1. The maximum atomic E-state index is 13.1. The molecule has 1 unspecified atom stereocenters. The molecule has 0 bridgehead atoms. The largest absolute Gasteiger partial charge is 0.507 e. The summed E-state index contributed by atoms with van der Waals surface area (Å²) < 4.78 is 34.1. The fourth-order valence-electron chi connectivity index (χ4n) is 4.90. The molecule has 1 heterocycles. The van der Waals surface area contributed by atoms with Gasteiger partial charge in [-0.25, -0.2) is 18.0 Å². The Morgan fingerprint density at radius 2 is 1.76 bits per heavy atom. The van der Waals surface area contributed by atoms with E-state index in [1.54, 1.807) is 24.3 Å². The highest BCUT2D eigenvalue weighted by atomic mass is 32.2. The highest BCUT2D eigenvalue weighted by Crippen LogP contribution is 2.38. The average molecular weight is 526 g/mol. The fourth-order valence-corrected chi connectivity index (χ4v) is 5.95. The molecule has 0 aliphatic heterocycles. The number of aromatic hydroxyl groups is 1. The third-order valence-electron chi connectivity index (χ3n) is 6.77. The van der Waals surface area contributed by atoms with Gasteiger partial charge in [-0.3, -0.25) is 4.72 Å². The first-order chi connectivity index (χ1) is 17.7. The lowest BCUT2D eigenvalue weighted by Gasteiger charge is -2.21. The predicted octanol–water partition coefficient (Wildman–Crippen LogP) is 5.44. The molecule has 0 radical (unpaired) electrons. The number of sulfonamides is 1. The van der Waals surface area contributed by atoms with Crippen molar-refractivity contribution in [1.82, 2.24) is 0 Å². The molecule has 1 aliphatic rings. The molecule has 4 rings (SSSR count). The maximum absolute atomic E-state index is 13.1. The van der Waals surface area contributed by atoms with E-state index in [0.29, 0.717) is 36.1 Å².